The lowest BCUT2D eigenvalue weighted by atomic mass is 9.92. The number of rotatable bonds is 4. The van der Waals surface area contributed by atoms with Gasteiger partial charge in [0, 0.05) is 31.5 Å². The topological polar surface area (TPSA) is 64.9 Å². The first-order chi connectivity index (χ1) is 10.2. The second-order valence-corrected chi connectivity index (χ2v) is 6.46. The van der Waals surface area contributed by atoms with Crippen molar-refractivity contribution in [2.75, 3.05) is 13.1 Å². The van der Waals surface area contributed by atoms with Gasteiger partial charge >= 0.3 is 0 Å². The number of amides is 1. The van der Waals surface area contributed by atoms with Crippen LogP contribution in [0.4, 0.5) is 0 Å². The molecule has 1 aliphatic heterocycles. The Hall–Kier alpha value is -1.10. The number of hydrogen-bond acceptors (Lipinski definition) is 4. The summed E-state index contributed by atoms with van der Waals surface area (Å²) >= 11 is 0. The van der Waals surface area contributed by atoms with Crippen LogP contribution >= 0.6 is 0 Å². The Kier molecular flexibility index (Phi) is 6.03. The molecular formula is C16H29N3O2. The van der Waals surface area contributed by atoms with Gasteiger partial charge in [-0.1, -0.05) is 31.3 Å². The minimum Gasteiger partial charge on any atom is -0.411 e. The van der Waals surface area contributed by atoms with Crippen LogP contribution in [-0.2, 0) is 4.79 Å². The Labute approximate surface area is 127 Å². The van der Waals surface area contributed by atoms with Crippen LogP contribution in [0.5, 0.6) is 0 Å². The van der Waals surface area contributed by atoms with E-state index in [-0.39, 0.29) is 17.9 Å². The average Bonchev–Trinajstić information content (AvgIpc) is 2.54. The lowest BCUT2D eigenvalue weighted by Crippen LogP contribution is -2.53. The fraction of sp³-hybridized carbons (Fsp3) is 0.875. The van der Waals surface area contributed by atoms with Crippen LogP contribution in [0.3, 0.4) is 0 Å². The Morgan fingerprint density at radius 3 is 2.76 bits per heavy atom. The lowest BCUT2D eigenvalue weighted by molar-refractivity contribution is -0.127. The van der Waals surface area contributed by atoms with E-state index in [0.717, 1.165) is 44.5 Å². The van der Waals surface area contributed by atoms with Crippen LogP contribution in [0.15, 0.2) is 5.16 Å². The Balaban J connectivity index is 1.87. The second-order valence-electron chi connectivity index (χ2n) is 6.46. The van der Waals surface area contributed by atoms with E-state index in [9.17, 15) is 4.79 Å². The van der Waals surface area contributed by atoms with Gasteiger partial charge in [-0.05, 0) is 26.2 Å². The van der Waals surface area contributed by atoms with Gasteiger partial charge < -0.3 is 10.5 Å². The summed E-state index contributed by atoms with van der Waals surface area (Å²) in [6.07, 6.45) is 7.72. The van der Waals surface area contributed by atoms with Gasteiger partial charge in [-0.25, -0.2) is 0 Å². The number of oxime groups is 1. The highest BCUT2D eigenvalue weighted by atomic mass is 16.4. The summed E-state index contributed by atoms with van der Waals surface area (Å²) in [5, 5.41) is 15.7. The third kappa shape index (κ3) is 4.19. The largest absolute Gasteiger partial charge is 0.411 e. The maximum absolute atomic E-state index is 12.4. The van der Waals surface area contributed by atoms with Crippen molar-refractivity contribution in [3.05, 3.63) is 0 Å². The molecule has 1 aliphatic carbocycles. The standard InChI is InChI=1S/C16H29N3O2/c1-3-13-11-19(10-9-15(13)18-21)12(2)16(20)17-14-7-5-4-6-8-14/h12-14,21H,3-11H2,1-2H3,(H,17,20). The normalized spacial score (nSPS) is 28.5. The highest BCUT2D eigenvalue weighted by Gasteiger charge is 2.31. The van der Waals surface area contributed by atoms with E-state index in [2.05, 4.69) is 22.3 Å². The molecule has 120 valence electrons. The predicted octanol–water partition coefficient (Wildman–Crippen LogP) is 2.39. The van der Waals surface area contributed by atoms with Crippen molar-refractivity contribution < 1.29 is 10.0 Å². The van der Waals surface area contributed by atoms with Crippen molar-refractivity contribution in [2.24, 2.45) is 11.1 Å². The number of likely N-dealkylation sites (tertiary alicyclic amines) is 1. The Bertz CT molecular complexity index is 378. The van der Waals surface area contributed by atoms with Crippen molar-refractivity contribution in [2.45, 2.75) is 70.9 Å². The van der Waals surface area contributed by atoms with E-state index in [1.807, 2.05) is 6.92 Å². The van der Waals surface area contributed by atoms with Crippen LogP contribution in [0.2, 0.25) is 0 Å². The third-order valence-corrected chi connectivity index (χ3v) is 5.08. The fourth-order valence-electron chi connectivity index (χ4n) is 3.52. The first kappa shape index (κ1) is 16.3. The van der Waals surface area contributed by atoms with Gasteiger partial charge in [0.05, 0.1) is 11.8 Å². The number of nitrogens with one attached hydrogen (secondary N) is 1. The summed E-state index contributed by atoms with van der Waals surface area (Å²) < 4.78 is 0. The molecule has 0 aromatic heterocycles. The van der Waals surface area contributed by atoms with E-state index >= 15 is 0 Å². The predicted molar refractivity (Wildman–Crippen MR) is 83.7 cm³/mol. The molecule has 21 heavy (non-hydrogen) atoms. The summed E-state index contributed by atoms with van der Waals surface area (Å²) in [7, 11) is 0. The number of piperidine rings is 1. The quantitative estimate of drug-likeness (QED) is 0.618. The molecule has 0 radical (unpaired) electrons. The van der Waals surface area contributed by atoms with Crippen molar-refractivity contribution in [3.8, 4) is 0 Å². The van der Waals surface area contributed by atoms with Crippen LogP contribution in [0.1, 0.15) is 58.8 Å². The van der Waals surface area contributed by atoms with E-state index in [1.54, 1.807) is 0 Å². The molecular weight excluding hydrogens is 266 g/mol. The van der Waals surface area contributed by atoms with Gasteiger partial charge in [-0.2, -0.15) is 0 Å². The molecule has 2 N–H and O–H groups in total. The van der Waals surface area contributed by atoms with Crippen molar-refractivity contribution in [1.82, 2.24) is 10.2 Å². The molecule has 0 aromatic carbocycles. The molecule has 2 unspecified atom stereocenters. The zero-order valence-electron chi connectivity index (χ0n) is 13.3. The zero-order chi connectivity index (χ0) is 15.2. The van der Waals surface area contributed by atoms with Crippen molar-refractivity contribution in [3.63, 3.8) is 0 Å². The van der Waals surface area contributed by atoms with E-state index in [4.69, 9.17) is 5.21 Å². The molecule has 2 rings (SSSR count). The molecule has 1 heterocycles. The fourth-order valence-corrected chi connectivity index (χ4v) is 3.52. The average molecular weight is 295 g/mol. The number of carbonyl (C=O) groups excluding carboxylic acids is 1. The van der Waals surface area contributed by atoms with Gasteiger partial charge in [0.1, 0.15) is 0 Å². The van der Waals surface area contributed by atoms with Crippen molar-refractivity contribution >= 4 is 11.6 Å². The smallest absolute Gasteiger partial charge is 0.237 e. The summed E-state index contributed by atoms with van der Waals surface area (Å²) in [5.41, 5.74) is 0.883. The minimum atomic E-state index is -0.0961. The van der Waals surface area contributed by atoms with Crippen LogP contribution in [0.25, 0.3) is 0 Å². The number of carbonyl (C=O) groups is 1. The molecule has 0 spiro atoms. The number of nitrogens with zero attached hydrogens (tertiary/aromatic N) is 2. The second kappa shape index (κ2) is 7.78. The Morgan fingerprint density at radius 1 is 1.43 bits per heavy atom. The first-order valence-corrected chi connectivity index (χ1v) is 8.41. The van der Waals surface area contributed by atoms with Gasteiger partial charge in [-0.3, -0.25) is 9.69 Å². The lowest BCUT2D eigenvalue weighted by Gasteiger charge is -2.37. The minimum absolute atomic E-state index is 0.0961. The molecule has 2 atom stereocenters. The van der Waals surface area contributed by atoms with E-state index in [1.165, 1.54) is 19.3 Å². The molecule has 5 nitrogen and oxygen atoms in total. The molecule has 1 amide bonds. The summed E-state index contributed by atoms with van der Waals surface area (Å²) in [6.45, 7) is 5.71. The SMILES string of the molecule is CCC1CN(C(C)C(=O)NC2CCCCC2)CCC1=NO. The summed E-state index contributed by atoms with van der Waals surface area (Å²) in [5.74, 6) is 0.426. The third-order valence-electron chi connectivity index (χ3n) is 5.08. The zero-order valence-corrected chi connectivity index (χ0v) is 13.3. The molecule has 1 saturated heterocycles. The molecule has 2 fully saturated rings. The molecule has 1 saturated carbocycles. The van der Waals surface area contributed by atoms with Crippen LogP contribution < -0.4 is 5.32 Å². The molecule has 0 aromatic rings. The summed E-state index contributed by atoms with van der Waals surface area (Å²) in [4.78, 5) is 14.6. The maximum Gasteiger partial charge on any atom is 0.237 e. The van der Waals surface area contributed by atoms with Crippen LogP contribution in [-0.4, -0.2) is 46.9 Å². The van der Waals surface area contributed by atoms with Gasteiger partial charge in [-0.15, -0.1) is 0 Å². The molecule has 2 aliphatic rings. The van der Waals surface area contributed by atoms with Crippen LogP contribution in [0, 0.1) is 5.92 Å². The van der Waals surface area contributed by atoms with Gasteiger partial charge in [0.2, 0.25) is 5.91 Å². The van der Waals surface area contributed by atoms with E-state index in [0.29, 0.717) is 6.04 Å². The maximum atomic E-state index is 12.4. The van der Waals surface area contributed by atoms with Crippen molar-refractivity contribution in [1.29, 1.82) is 0 Å². The Morgan fingerprint density at radius 2 is 2.14 bits per heavy atom. The molecule has 0 bridgehead atoms. The van der Waals surface area contributed by atoms with Gasteiger partial charge in [0.25, 0.3) is 0 Å². The summed E-state index contributed by atoms with van der Waals surface area (Å²) in [6, 6.07) is 0.274. The highest BCUT2D eigenvalue weighted by Crippen LogP contribution is 2.21. The van der Waals surface area contributed by atoms with Gasteiger partial charge in [0.15, 0.2) is 0 Å². The molecule has 5 heteroatoms. The monoisotopic (exact) mass is 295 g/mol. The number of hydrogen-bond donors (Lipinski definition) is 2. The first-order valence-electron chi connectivity index (χ1n) is 8.41. The van der Waals surface area contributed by atoms with E-state index < -0.39 is 0 Å². The highest BCUT2D eigenvalue weighted by molar-refractivity contribution is 5.88.